The smallest absolute Gasteiger partial charge is 0.410 e. The van der Waals surface area contributed by atoms with Gasteiger partial charge in [0.2, 0.25) is 0 Å². The molecule has 4 N–H and O–H groups in total. The van der Waals surface area contributed by atoms with Crippen molar-refractivity contribution in [3.05, 3.63) is 41.0 Å². The molecule has 0 unspecified atom stereocenters. The molecule has 2 saturated heterocycles. The first-order valence-corrected chi connectivity index (χ1v) is 19.8. The van der Waals surface area contributed by atoms with Crippen LogP contribution in [0.5, 0.6) is 11.5 Å². The van der Waals surface area contributed by atoms with E-state index in [1.807, 2.05) is 56.6 Å². The van der Waals surface area contributed by atoms with E-state index in [9.17, 15) is 14.4 Å². The summed E-state index contributed by atoms with van der Waals surface area (Å²) in [5.74, 6) is 2.64. The number of ether oxygens (including phenoxy) is 3. The van der Waals surface area contributed by atoms with Crippen LogP contribution in [0.1, 0.15) is 61.3 Å². The van der Waals surface area contributed by atoms with Gasteiger partial charge in [-0.3, -0.25) is 9.59 Å². The predicted octanol–water partition coefficient (Wildman–Crippen LogP) is 4.67. The van der Waals surface area contributed by atoms with E-state index in [-0.39, 0.29) is 35.0 Å². The third-order valence-electron chi connectivity index (χ3n) is 11.2. The van der Waals surface area contributed by atoms with E-state index in [1.165, 1.54) is 0 Å². The molecule has 3 aromatic rings. The number of carbonyl (C=O) groups is 3. The number of hydrogen-bond donors (Lipinski definition) is 4. The van der Waals surface area contributed by atoms with Crippen LogP contribution in [0.4, 0.5) is 21.9 Å². The van der Waals surface area contributed by atoms with Crippen LogP contribution in [0.25, 0.3) is 10.9 Å². The lowest BCUT2D eigenvalue weighted by atomic mass is 10.0. The Morgan fingerprint density at radius 2 is 1.57 bits per heavy atom. The number of rotatable bonds is 3. The fourth-order valence-corrected chi connectivity index (χ4v) is 8.57. The molecule has 6 aliphatic heterocycles. The number of carbonyl (C=O) groups excluding carboxylic acids is 3. The van der Waals surface area contributed by atoms with Crippen LogP contribution >= 0.6 is 15.9 Å². The summed E-state index contributed by atoms with van der Waals surface area (Å²) in [6.07, 6.45) is 3.73. The summed E-state index contributed by atoms with van der Waals surface area (Å²) in [6, 6.07) is 9.51. The molecule has 1 aromatic heterocycles. The maximum absolute atomic E-state index is 12.5. The van der Waals surface area contributed by atoms with Crippen LogP contribution in [0, 0.1) is 0 Å². The zero-order valence-electron chi connectivity index (χ0n) is 32.8. The highest BCUT2D eigenvalue weighted by Crippen LogP contribution is 2.43. The Kier molecular flexibility index (Phi) is 9.38. The number of halogens is 1. The molecule has 3 amide bonds. The highest BCUT2D eigenvalue weighted by Gasteiger charge is 2.41. The number of benzene rings is 2. The molecular weight excluding hydrogens is 784 g/mol. The van der Waals surface area contributed by atoms with Gasteiger partial charge in [0.25, 0.3) is 11.8 Å². The zero-order valence-corrected chi connectivity index (χ0v) is 34.4. The van der Waals surface area contributed by atoms with Crippen molar-refractivity contribution in [3.63, 3.8) is 0 Å². The molecule has 56 heavy (non-hydrogen) atoms. The number of hydrogen-bond acceptors (Lipinski definition) is 12. The van der Waals surface area contributed by atoms with Crippen molar-refractivity contribution in [2.24, 2.45) is 10.2 Å². The maximum Gasteiger partial charge on any atom is 0.410 e. The van der Waals surface area contributed by atoms with Crippen LogP contribution in [0.2, 0.25) is 0 Å². The third kappa shape index (κ3) is 6.88. The van der Waals surface area contributed by atoms with Crippen molar-refractivity contribution >= 4 is 73.5 Å². The van der Waals surface area contributed by atoms with Gasteiger partial charge in [-0.1, -0.05) is 0 Å². The van der Waals surface area contributed by atoms with Gasteiger partial charge in [-0.05, 0) is 114 Å². The molecule has 298 valence electrons. The van der Waals surface area contributed by atoms with E-state index >= 15 is 0 Å². The monoisotopic (exact) mass is 832 g/mol. The van der Waals surface area contributed by atoms with Gasteiger partial charge in [0.15, 0.2) is 11.7 Å². The van der Waals surface area contributed by atoms with Gasteiger partial charge in [0.05, 0.1) is 33.7 Å². The fraction of sp³-hybridized carbons (Fsp3) is 0.513. The topological polar surface area (TPSA) is 166 Å². The number of hydrazone groups is 2. The maximum atomic E-state index is 12.5. The van der Waals surface area contributed by atoms with Crippen molar-refractivity contribution in [1.82, 2.24) is 25.6 Å². The lowest BCUT2D eigenvalue weighted by molar-refractivity contribution is -0.123. The standard InChI is InChI=1S/C21H28BrN5O4.C18H21N5O2/c1-12-18(28)25-24-17-10-30-16-8-13(22)14(9-15(16)27(12)17)23-21(5)6-7-26(11-21)19(29)31-20(2,3)4;1-11-17(24)21-20-16-9-25-15-7-12-3-6-22(18(2)4-5-19-10-18)13(12)8-14(15)23(11)16/h8-9,12,23H,6-7,10-11H2,1-5H3,(H,25,28);3,6-8,11,19H,4-5,9-10H2,1-2H3,(H,21,24)/t12-,21+;11-,18+/m11/s1. The lowest BCUT2D eigenvalue weighted by Crippen LogP contribution is -2.55. The molecule has 0 bridgehead atoms. The Morgan fingerprint density at radius 3 is 2.18 bits per heavy atom. The first-order chi connectivity index (χ1) is 26.5. The Morgan fingerprint density at radius 1 is 0.946 bits per heavy atom. The predicted molar refractivity (Wildman–Crippen MR) is 218 cm³/mol. The molecule has 0 radical (unpaired) electrons. The van der Waals surface area contributed by atoms with Gasteiger partial charge in [-0.2, -0.15) is 10.2 Å². The lowest BCUT2D eigenvalue weighted by Gasteiger charge is -2.38. The van der Waals surface area contributed by atoms with Crippen LogP contribution < -0.4 is 40.8 Å². The fourth-order valence-electron chi connectivity index (χ4n) is 8.15. The number of anilines is 3. The van der Waals surface area contributed by atoms with Crippen molar-refractivity contribution in [3.8, 4) is 11.5 Å². The highest BCUT2D eigenvalue weighted by atomic mass is 79.9. The second kappa shape index (κ2) is 13.9. The average molecular weight is 834 g/mol. The van der Waals surface area contributed by atoms with E-state index in [0.717, 1.165) is 70.0 Å². The molecular formula is C39H49BrN10O6. The summed E-state index contributed by atoms with van der Waals surface area (Å²) in [5, 5.41) is 16.5. The number of nitrogens with zero attached hydrogens (tertiary/aromatic N) is 6. The van der Waals surface area contributed by atoms with Crippen molar-refractivity contribution < 1.29 is 28.6 Å². The number of amidine groups is 2. The second-order valence-corrected chi connectivity index (χ2v) is 17.7. The molecule has 16 nitrogen and oxygen atoms in total. The van der Waals surface area contributed by atoms with E-state index in [2.05, 4.69) is 90.4 Å². The average Bonchev–Trinajstić information content (AvgIpc) is 3.89. The summed E-state index contributed by atoms with van der Waals surface area (Å²) < 4.78 is 20.5. The molecule has 2 fully saturated rings. The number of likely N-dealkylation sites (tertiary alicyclic amines) is 1. The van der Waals surface area contributed by atoms with E-state index in [0.29, 0.717) is 37.9 Å². The molecule has 7 heterocycles. The number of nitrogens with one attached hydrogen (secondary N) is 4. The summed E-state index contributed by atoms with van der Waals surface area (Å²) in [5.41, 5.74) is 8.03. The largest absolute Gasteiger partial charge is 0.483 e. The normalized spacial score (nSPS) is 26.5. The zero-order chi connectivity index (χ0) is 39.7. The minimum atomic E-state index is -0.526. The molecule has 0 saturated carbocycles. The number of amides is 3. The molecule has 2 aromatic carbocycles. The SMILES string of the molecule is C[C@@H]1C(=O)NN=C2COc3cc(Br)c(N[C@@]4(C)CCN(C(=O)OC(C)(C)C)C4)cc3N21.C[C@@H]1C(=O)NN=C2COc3cc4ccn([C@@]5(C)CCNC5)c4cc3N21. The Bertz CT molecular complexity index is 2170. The number of fused-ring (bicyclic) bond motifs is 7. The minimum absolute atomic E-state index is 0.0628. The van der Waals surface area contributed by atoms with Crippen LogP contribution in [-0.2, 0) is 19.9 Å². The summed E-state index contributed by atoms with van der Waals surface area (Å²) in [4.78, 5) is 42.3. The molecule has 6 aliphatic rings. The number of aromatic nitrogens is 1. The quantitative estimate of drug-likeness (QED) is 0.292. The molecule has 17 heteroatoms. The summed E-state index contributed by atoms with van der Waals surface area (Å²) in [6.45, 7) is 17.5. The van der Waals surface area contributed by atoms with E-state index < -0.39 is 11.6 Å². The first kappa shape index (κ1) is 37.9. The van der Waals surface area contributed by atoms with E-state index in [1.54, 1.807) is 4.90 Å². The minimum Gasteiger partial charge on any atom is -0.483 e. The van der Waals surface area contributed by atoms with Gasteiger partial charge in [-0.15, -0.1) is 0 Å². The molecule has 0 spiro atoms. The molecule has 0 aliphatic carbocycles. The highest BCUT2D eigenvalue weighted by molar-refractivity contribution is 9.10. The Labute approximate surface area is 334 Å². The second-order valence-electron chi connectivity index (χ2n) is 16.8. The Balaban J connectivity index is 0.000000161. The van der Waals surface area contributed by atoms with Gasteiger partial charge in [0.1, 0.15) is 42.4 Å². The third-order valence-corrected chi connectivity index (χ3v) is 11.9. The van der Waals surface area contributed by atoms with Gasteiger partial charge in [-0.25, -0.2) is 15.6 Å². The van der Waals surface area contributed by atoms with Gasteiger partial charge in [0, 0.05) is 35.7 Å². The van der Waals surface area contributed by atoms with E-state index in [4.69, 9.17) is 14.2 Å². The van der Waals surface area contributed by atoms with Crippen molar-refractivity contribution in [2.75, 3.05) is 54.5 Å². The van der Waals surface area contributed by atoms with Crippen LogP contribution in [0.15, 0.2) is 51.2 Å². The molecule has 9 rings (SSSR count). The Hall–Kier alpha value is -5.03. The van der Waals surface area contributed by atoms with Crippen LogP contribution in [-0.4, -0.2) is 102 Å². The first-order valence-electron chi connectivity index (χ1n) is 19.1. The summed E-state index contributed by atoms with van der Waals surface area (Å²) in [7, 11) is 0. The van der Waals surface area contributed by atoms with Gasteiger partial charge < -0.3 is 44.1 Å². The van der Waals surface area contributed by atoms with Crippen LogP contribution in [0.3, 0.4) is 0 Å². The summed E-state index contributed by atoms with van der Waals surface area (Å²) >= 11 is 3.63. The van der Waals surface area contributed by atoms with Gasteiger partial charge >= 0.3 is 6.09 Å². The molecule has 4 atom stereocenters. The van der Waals surface area contributed by atoms with Crippen molar-refractivity contribution in [1.29, 1.82) is 0 Å². The van der Waals surface area contributed by atoms with Crippen molar-refractivity contribution in [2.45, 2.75) is 90.1 Å².